The third kappa shape index (κ3) is 3.65. The van der Waals surface area contributed by atoms with Crippen molar-refractivity contribution in [2.45, 2.75) is 33.2 Å². The molecule has 0 bridgehead atoms. The summed E-state index contributed by atoms with van der Waals surface area (Å²) in [6.07, 6.45) is 0.968. The molecule has 1 heterocycles. The van der Waals surface area contributed by atoms with E-state index in [1.54, 1.807) is 0 Å². The number of hydrogen-bond donors (Lipinski definition) is 1. The smallest absolute Gasteiger partial charge is 0.0684 e. The van der Waals surface area contributed by atoms with E-state index in [9.17, 15) is 0 Å². The second kappa shape index (κ2) is 4.77. The van der Waals surface area contributed by atoms with Crippen molar-refractivity contribution in [2.75, 3.05) is 26.2 Å². The highest BCUT2D eigenvalue weighted by Crippen LogP contribution is 2.19. The summed E-state index contributed by atoms with van der Waals surface area (Å²) in [5.74, 6) is 0. The molecule has 0 unspecified atom stereocenters. The SMILES string of the molecule is C[C@H]1CN(CCC(C)(C)C#N)CCN1. The lowest BCUT2D eigenvalue weighted by Crippen LogP contribution is -2.49. The molecule has 1 N–H and O–H groups in total. The zero-order chi connectivity index (χ0) is 10.6. The van der Waals surface area contributed by atoms with Gasteiger partial charge in [0.2, 0.25) is 0 Å². The molecule has 1 rings (SSSR count). The van der Waals surface area contributed by atoms with E-state index in [-0.39, 0.29) is 5.41 Å². The van der Waals surface area contributed by atoms with E-state index in [2.05, 4.69) is 23.2 Å². The topological polar surface area (TPSA) is 39.1 Å². The van der Waals surface area contributed by atoms with Crippen LogP contribution in [0.15, 0.2) is 0 Å². The molecule has 3 heteroatoms. The molecule has 1 aliphatic rings. The Balaban J connectivity index is 2.28. The van der Waals surface area contributed by atoms with Gasteiger partial charge in [-0.15, -0.1) is 0 Å². The van der Waals surface area contributed by atoms with Gasteiger partial charge in [-0.25, -0.2) is 0 Å². The van der Waals surface area contributed by atoms with Crippen LogP contribution < -0.4 is 5.32 Å². The Hall–Kier alpha value is -0.590. The molecule has 0 saturated carbocycles. The van der Waals surface area contributed by atoms with Crippen molar-refractivity contribution in [3.05, 3.63) is 0 Å². The summed E-state index contributed by atoms with van der Waals surface area (Å²) in [6.45, 7) is 10.6. The maximum atomic E-state index is 8.89. The molecule has 0 amide bonds. The van der Waals surface area contributed by atoms with Gasteiger partial charge in [-0.3, -0.25) is 0 Å². The monoisotopic (exact) mass is 195 g/mol. The lowest BCUT2D eigenvalue weighted by atomic mass is 9.91. The zero-order valence-electron chi connectivity index (χ0n) is 9.51. The van der Waals surface area contributed by atoms with Gasteiger partial charge in [-0.05, 0) is 33.7 Å². The van der Waals surface area contributed by atoms with Crippen LogP contribution in [0.3, 0.4) is 0 Å². The van der Waals surface area contributed by atoms with Gasteiger partial charge in [-0.2, -0.15) is 5.26 Å². The number of rotatable bonds is 3. The highest BCUT2D eigenvalue weighted by molar-refractivity contribution is 4.92. The van der Waals surface area contributed by atoms with E-state index in [1.165, 1.54) is 0 Å². The van der Waals surface area contributed by atoms with Gasteiger partial charge in [0.15, 0.2) is 0 Å². The first-order valence-corrected chi connectivity index (χ1v) is 5.40. The molecule has 0 aromatic heterocycles. The average molecular weight is 195 g/mol. The summed E-state index contributed by atoms with van der Waals surface area (Å²) >= 11 is 0. The Kier molecular flexibility index (Phi) is 3.91. The molecule has 1 saturated heterocycles. The van der Waals surface area contributed by atoms with Crippen molar-refractivity contribution in [3.63, 3.8) is 0 Å². The number of nitrogens with zero attached hydrogens (tertiary/aromatic N) is 2. The van der Waals surface area contributed by atoms with Crippen molar-refractivity contribution >= 4 is 0 Å². The summed E-state index contributed by atoms with van der Waals surface area (Å²) in [4.78, 5) is 2.44. The Bertz CT molecular complexity index is 217. The van der Waals surface area contributed by atoms with Gasteiger partial charge in [0, 0.05) is 25.7 Å². The van der Waals surface area contributed by atoms with Crippen molar-refractivity contribution in [3.8, 4) is 6.07 Å². The number of nitrogens with one attached hydrogen (secondary N) is 1. The summed E-state index contributed by atoms with van der Waals surface area (Å²) in [5.41, 5.74) is -0.173. The minimum absolute atomic E-state index is 0.173. The molecule has 1 fully saturated rings. The molecular weight excluding hydrogens is 174 g/mol. The molecule has 0 aliphatic carbocycles. The molecule has 14 heavy (non-hydrogen) atoms. The first-order chi connectivity index (χ1) is 6.53. The Morgan fingerprint density at radius 3 is 2.86 bits per heavy atom. The largest absolute Gasteiger partial charge is 0.312 e. The molecule has 0 aromatic carbocycles. The summed E-state index contributed by atoms with van der Waals surface area (Å²) in [5, 5.41) is 12.3. The van der Waals surface area contributed by atoms with Gasteiger partial charge in [0.25, 0.3) is 0 Å². The molecule has 3 nitrogen and oxygen atoms in total. The molecule has 0 aromatic rings. The average Bonchev–Trinajstić information content (AvgIpc) is 2.15. The van der Waals surface area contributed by atoms with E-state index in [1.807, 2.05) is 13.8 Å². The molecule has 1 atom stereocenters. The second-order valence-corrected chi connectivity index (χ2v) is 4.90. The second-order valence-electron chi connectivity index (χ2n) is 4.90. The minimum atomic E-state index is -0.173. The molecule has 0 spiro atoms. The predicted octanol–water partition coefficient (Wildman–Crippen LogP) is 1.22. The van der Waals surface area contributed by atoms with Crippen LogP contribution in [0.1, 0.15) is 27.2 Å². The van der Waals surface area contributed by atoms with Gasteiger partial charge < -0.3 is 10.2 Å². The standard InChI is InChI=1S/C11H21N3/c1-10-8-14(7-5-13-10)6-4-11(2,3)9-12/h10,13H,4-8H2,1-3H3/t10-/m0/s1. The van der Waals surface area contributed by atoms with E-state index < -0.39 is 0 Å². The van der Waals surface area contributed by atoms with Crippen LogP contribution >= 0.6 is 0 Å². The van der Waals surface area contributed by atoms with Gasteiger partial charge in [0.1, 0.15) is 0 Å². The van der Waals surface area contributed by atoms with Gasteiger partial charge in [-0.1, -0.05) is 0 Å². The van der Waals surface area contributed by atoms with Gasteiger partial charge >= 0.3 is 0 Å². The molecule has 80 valence electrons. The number of piperazine rings is 1. The van der Waals surface area contributed by atoms with Crippen LogP contribution in [-0.2, 0) is 0 Å². The minimum Gasteiger partial charge on any atom is -0.312 e. The predicted molar refractivity (Wildman–Crippen MR) is 57.9 cm³/mol. The van der Waals surface area contributed by atoms with Crippen LogP contribution in [0.25, 0.3) is 0 Å². The third-order valence-electron chi connectivity index (χ3n) is 2.81. The highest BCUT2D eigenvalue weighted by Gasteiger charge is 2.20. The van der Waals surface area contributed by atoms with Crippen LogP contribution in [0.5, 0.6) is 0 Å². The maximum Gasteiger partial charge on any atom is 0.0684 e. The van der Waals surface area contributed by atoms with E-state index in [4.69, 9.17) is 5.26 Å². The Labute approximate surface area is 87.1 Å². The normalized spacial score (nSPS) is 24.6. The lowest BCUT2D eigenvalue weighted by molar-refractivity contribution is 0.189. The summed E-state index contributed by atoms with van der Waals surface area (Å²) in [6, 6.07) is 2.94. The van der Waals surface area contributed by atoms with Crippen LogP contribution in [0, 0.1) is 16.7 Å². The van der Waals surface area contributed by atoms with E-state index >= 15 is 0 Å². The molecule has 0 radical (unpaired) electrons. The fourth-order valence-corrected chi connectivity index (χ4v) is 1.71. The third-order valence-corrected chi connectivity index (χ3v) is 2.81. The lowest BCUT2D eigenvalue weighted by Gasteiger charge is -2.33. The first-order valence-electron chi connectivity index (χ1n) is 5.40. The van der Waals surface area contributed by atoms with Crippen LogP contribution in [0.2, 0.25) is 0 Å². The fraction of sp³-hybridized carbons (Fsp3) is 0.909. The van der Waals surface area contributed by atoms with E-state index in [0.29, 0.717) is 6.04 Å². The molecule has 1 aliphatic heterocycles. The van der Waals surface area contributed by atoms with E-state index in [0.717, 1.165) is 32.6 Å². The quantitative estimate of drug-likeness (QED) is 0.736. The van der Waals surface area contributed by atoms with Crippen molar-refractivity contribution in [1.82, 2.24) is 10.2 Å². The zero-order valence-corrected chi connectivity index (χ0v) is 9.51. The van der Waals surface area contributed by atoms with Crippen molar-refractivity contribution < 1.29 is 0 Å². The first kappa shape index (κ1) is 11.5. The van der Waals surface area contributed by atoms with Crippen LogP contribution in [-0.4, -0.2) is 37.1 Å². The Morgan fingerprint density at radius 1 is 1.57 bits per heavy atom. The van der Waals surface area contributed by atoms with Crippen molar-refractivity contribution in [1.29, 1.82) is 5.26 Å². The maximum absolute atomic E-state index is 8.89. The summed E-state index contributed by atoms with van der Waals surface area (Å²) < 4.78 is 0. The highest BCUT2D eigenvalue weighted by atomic mass is 15.2. The summed E-state index contributed by atoms with van der Waals surface area (Å²) in [7, 11) is 0. The van der Waals surface area contributed by atoms with Gasteiger partial charge in [0.05, 0.1) is 11.5 Å². The molecular formula is C11H21N3. The fourth-order valence-electron chi connectivity index (χ4n) is 1.71. The Morgan fingerprint density at radius 2 is 2.29 bits per heavy atom. The number of nitriles is 1. The van der Waals surface area contributed by atoms with Crippen molar-refractivity contribution in [2.24, 2.45) is 5.41 Å². The number of hydrogen-bond acceptors (Lipinski definition) is 3. The van der Waals surface area contributed by atoms with Crippen LogP contribution in [0.4, 0.5) is 0 Å².